The van der Waals surface area contributed by atoms with Crippen molar-refractivity contribution in [3.05, 3.63) is 42.9 Å². The highest BCUT2D eigenvalue weighted by Gasteiger charge is 2.39. The zero-order valence-electron chi connectivity index (χ0n) is 11.6. The Bertz CT molecular complexity index is 596. The van der Waals surface area contributed by atoms with Crippen LogP contribution in [-0.4, -0.2) is 22.6 Å². The van der Waals surface area contributed by atoms with Gasteiger partial charge >= 0.3 is 0 Å². The summed E-state index contributed by atoms with van der Waals surface area (Å²) in [7, 11) is 0. The minimum atomic E-state index is 0.709. The maximum Gasteiger partial charge on any atom is 0.140 e. The number of nitrogens with zero attached hydrogens (tertiary/aromatic N) is 3. The van der Waals surface area contributed by atoms with Crippen LogP contribution in [0.15, 0.2) is 42.9 Å². The molecule has 102 valence electrons. The van der Waals surface area contributed by atoms with E-state index in [4.69, 9.17) is 0 Å². The first-order chi connectivity index (χ1) is 9.93. The molecule has 0 spiro atoms. The highest BCUT2D eigenvalue weighted by Crippen LogP contribution is 2.42. The van der Waals surface area contributed by atoms with Crippen molar-refractivity contribution >= 4 is 5.82 Å². The summed E-state index contributed by atoms with van der Waals surface area (Å²) in [4.78, 5) is 11.4. The Kier molecular flexibility index (Phi) is 2.91. The lowest BCUT2D eigenvalue weighted by atomic mass is 9.73. The van der Waals surface area contributed by atoms with Crippen LogP contribution in [0.4, 0.5) is 5.82 Å². The van der Waals surface area contributed by atoms with Gasteiger partial charge in [-0.15, -0.1) is 0 Å². The van der Waals surface area contributed by atoms with E-state index in [0.29, 0.717) is 6.04 Å². The molecule has 1 aliphatic carbocycles. The number of anilines is 1. The van der Waals surface area contributed by atoms with Gasteiger partial charge in [0.05, 0.1) is 0 Å². The summed E-state index contributed by atoms with van der Waals surface area (Å²) < 4.78 is 0. The minimum absolute atomic E-state index is 0.709. The molecule has 1 aliphatic heterocycles. The van der Waals surface area contributed by atoms with Crippen LogP contribution in [0.2, 0.25) is 0 Å². The van der Waals surface area contributed by atoms with Gasteiger partial charge in [-0.25, -0.2) is 9.97 Å². The molecule has 4 rings (SSSR count). The molecule has 0 amide bonds. The third-order valence-corrected chi connectivity index (χ3v) is 4.80. The van der Waals surface area contributed by atoms with Crippen LogP contribution >= 0.6 is 0 Å². The smallest absolute Gasteiger partial charge is 0.140 e. The van der Waals surface area contributed by atoms with Gasteiger partial charge < -0.3 is 4.90 Å². The van der Waals surface area contributed by atoms with Crippen molar-refractivity contribution in [2.45, 2.75) is 31.7 Å². The molecule has 2 aliphatic rings. The monoisotopic (exact) mass is 265 g/mol. The van der Waals surface area contributed by atoms with Crippen molar-refractivity contribution in [1.82, 2.24) is 9.97 Å². The molecule has 2 aromatic rings. The van der Waals surface area contributed by atoms with E-state index in [1.165, 1.54) is 36.8 Å². The van der Waals surface area contributed by atoms with Gasteiger partial charge in [0.1, 0.15) is 12.1 Å². The number of benzene rings is 1. The number of hydrogen-bond acceptors (Lipinski definition) is 3. The van der Waals surface area contributed by atoms with Crippen molar-refractivity contribution in [3.8, 4) is 11.1 Å². The summed E-state index contributed by atoms with van der Waals surface area (Å²) in [6.07, 6.45) is 9.05. The SMILES string of the molecule is c1ccc(-c2cncnc2N2CCC[C@H]3CC[C@H]32)cc1. The minimum Gasteiger partial charge on any atom is -0.353 e. The standard InChI is InChI=1S/C17H19N3/c1-2-5-13(6-3-1)15-11-18-12-19-17(15)20-10-4-7-14-8-9-16(14)20/h1-3,5-6,11-12,14,16H,4,7-10H2/t14-,16+/m0/s1. The first-order valence-corrected chi connectivity index (χ1v) is 7.55. The fourth-order valence-corrected chi connectivity index (χ4v) is 3.62. The molecule has 2 heterocycles. The van der Waals surface area contributed by atoms with Crippen molar-refractivity contribution in [2.75, 3.05) is 11.4 Å². The molecule has 0 unspecified atom stereocenters. The van der Waals surface area contributed by atoms with E-state index < -0.39 is 0 Å². The van der Waals surface area contributed by atoms with Crippen LogP contribution in [-0.2, 0) is 0 Å². The van der Waals surface area contributed by atoms with Gasteiger partial charge in [-0.1, -0.05) is 30.3 Å². The lowest BCUT2D eigenvalue weighted by molar-refractivity contribution is 0.193. The fraction of sp³-hybridized carbons (Fsp3) is 0.412. The van der Waals surface area contributed by atoms with E-state index in [2.05, 4.69) is 45.2 Å². The second kappa shape index (κ2) is 4.89. The quantitative estimate of drug-likeness (QED) is 0.832. The zero-order chi connectivity index (χ0) is 13.4. The number of fused-ring (bicyclic) bond motifs is 1. The second-order valence-corrected chi connectivity index (χ2v) is 5.87. The van der Waals surface area contributed by atoms with Gasteiger partial charge in [-0.05, 0) is 37.2 Å². The molecule has 2 atom stereocenters. The van der Waals surface area contributed by atoms with Gasteiger partial charge in [0.2, 0.25) is 0 Å². The summed E-state index contributed by atoms with van der Waals surface area (Å²) in [6.45, 7) is 1.14. The third kappa shape index (κ3) is 1.89. The van der Waals surface area contributed by atoms with E-state index in [1.54, 1.807) is 6.33 Å². The largest absolute Gasteiger partial charge is 0.353 e. The highest BCUT2D eigenvalue weighted by molar-refractivity contribution is 5.75. The molecule has 0 radical (unpaired) electrons. The Morgan fingerprint density at radius 1 is 1.05 bits per heavy atom. The summed E-state index contributed by atoms with van der Waals surface area (Å²) in [5.74, 6) is 2.02. The molecule has 2 fully saturated rings. The molecule has 0 N–H and O–H groups in total. The summed E-state index contributed by atoms with van der Waals surface area (Å²) >= 11 is 0. The van der Waals surface area contributed by atoms with Crippen LogP contribution in [0.25, 0.3) is 11.1 Å². The number of aromatic nitrogens is 2. The normalized spacial score (nSPS) is 24.9. The maximum atomic E-state index is 4.61. The molecule has 0 bridgehead atoms. The van der Waals surface area contributed by atoms with Crippen molar-refractivity contribution < 1.29 is 0 Å². The van der Waals surface area contributed by atoms with E-state index in [1.807, 2.05) is 6.20 Å². The molecule has 3 heteroatoms. The molecule has 3 nitrogen and oxygen atoms in total. The molecular formula is C17H19N3. The topological polar surface area (TPSA) is 29.0 Å². The van der Waals surface area contributed by atoms with Gasteiger partial charge in [-0.2, -0.15) is 0 Å². The van der Waals surface area contributed by atoms with Gasteiger partial charge in [0, 0.05) is 24.3 Å². The van der Waals surface area contributed by atoms with Crippen molar-refractivity contribution in [1.29, 1.82) is 0 Å². The molecule has 1 aromatic carbocycles. The van der Waals surface area contributed by atoms with E-state index in [9.17, 15) is 0 Å². The Balaban J connectivity index is 1.75. The molecule has 1 saturated heterocycles. The third-order valence-electron chi connectivity index (χ3n) is 4.80. The van der Waals surface area contributed by atoms with Crippen LogP contribution in [0.5, 0.6) is 0 Å². The number of piperidine rings is 1. The Hall–Kier alpha value is -1.90. The van der Waals surface area contributed by atoms with Crippen molar-refractivity contribution in [2.24, 2.45) is 5.92 Å². The van der Waals surface area contributed by atoms with Gasteiger partial charge in [0.15, 0.2) is 0 Å². The Morgan fingerprint density at radius 3 is 2.75 bits per heavy atom. The van der Waals surface area contributed by atoms with Crippen molar-refractivity contribution in [3.63, 3.8) is 0 Å². The summed E-state index contributed by atoms with van der Waals surface area (Å²) in [5.41, 5.74) is 2.38. The van der Waals surface area contributed by atoms with E-state index in [-0.39, 0.29) is 0 Å². The number of rotatable bonds is 2. The van der Waals surface area contributed by atoms with Crippen LogP contribution in [0.1, 0.15) is 25.7 Å². The Morgan fingerprint density at radius 2 is 1.95 bits per heavy atom. The predicted molar refractivity (Wildman–Crippen MR) is 80.6 cm³/mol. The Labute approximate surface area is 119 Å². The zero-order valence-corrected chi connectivity index (χ0v) is 11.6. The second-order valence-electron chi connectivity index (χ2n) is 5.87. The lowest BCUT2D eigenvalue weighted by Gasteiger charge is -2.49. The average molecular weight is 265 g/mol. The average Bonchev–Trinajstić information content (AvgIpc) is 2.49. The number of hydrogen-bond donors (Lipinski definition) is 0. The van der Waals surface area contributed by atoms with Crippen LogP contribution < -0.4 is 4.90 Å². The molecule has 20 heavy (non-hydrogen) atoms. The first kappa shape index (κ1) is 11.9. The molecule has 1 aromatic heterocycles. The molecular weight excluding hydrogens is 246 g/mol. The van der Waals surface area contributed by atoms with E-state index >= 15 is 0 Å². The maximum absolute atomic E-state index is 4.61. The predicted octanol–water partition coefficient (Wildman–Crippen LogP) is 3.52. The summed E-state index contributed by atoms with van der Waals surface area (Å²) in [6, 6.07) is 11.2. The fourth-order valence-electron chi connectivity index (χ4n) is 3.62. The van der Waals surface area contributed by atoms with Crippen LogP contribution in [0.3, 0.4) is 0 Å². The molecule has 1 saturated carbocycles. The van der Waals surface area contributed by atoms with E-state index in [0.717, 1.165) is 18.3 Å². The first-order valence-electron chi connectivity index (χ1n) is 7.55. The highest BCUT2D eigenvalue weighted by atomic mass is 15.2. The summed E-state index contributed by atoms with van der Waals surface area (Å²) in [5, 5.41) is 0. The van der Waals surface area contributed by atoms with Gasteiger partial charge in [0.25, 0.3) is 0 Å². The van der Waals surface area contributed by atoms with Gasteiger partial charge in [-0.3, -0.25) is 0 Å². The lowest BCUT2D eigenvalue weighted by Crippen LogP contribution is -2.51. The van der Waals surface area contributed by atoms with Crippen LogP contribution in [0, 0.1) is 5.92 Å².